The summed E-state index contributed by atoms with van der Waals surface area (Å²) in [6.45, 7) is 8.17. The van der Waals surface area contributed by atoms with Crippen molar-refractivity contribution >= 4 is 52.8 Å². The lowest BCUT2D eigenvalue weighted by atomic mass is 9.92. The van der Waals surface area contributed by atoms with Gasteiger partial charge in [-0.1, -0.05) is 54.9 Å². The summed E-state index contributed by atoms with van der Waals surface area (Å²) in [5.41, 5.74) is 3.28. The fourth-order valence-electron chi connectivity index (χ4n) is 8.60. The highest BCUT2D eigenvalue weighted by atomic mass is 35.5. The number of ether oxygens (including phenoxy) is 1. The molecule has 2 aliphatic heterocycles. The average Bonchev–Trinajstić information content (AvgIpc) is 3.93. The Bertz CT molecular complexity index is 2300. The molecule has 6 rings (SSSR count). The quantitative estimate of drug-likeness (QED) is 0.127. The molecule has 2 aliphatic rings. The second kappa shape index (κ2) is 22.2. The Morgan fingerprint density at radius 3 is 2.29 bits per heavy atom. The molecular weight excluding hydrogens is 869 g/mol. The zero-order valence-corrected chi connectivity index (χ0v) is 39.6. The van der Waals surface area contributed by atoms with Gasteiger partial charge in [0.25, 0.3) is 0 Å². The number of nitrogens with zero attached hydrogens (tertiary/aromatic N) is 6. The summed E-state index contributed by atoms with van der Waals surface area (Å²) >= 11 is 13.0. The van der Waals surface area contributed by atoms with E-state index in [0.717, 1.165) is 42.3 Å². The summed E-state index contributed by atoms with van der Waals surface area (Å²) in [4.78, 5) is 81.4. The van der Waals surface area contributed by atoms with Crippen molar-refractivity contribution in [3.05, 3.63) is 101 Å². The van der Waals surface area contributed by atoms with Crippen LogP contribution in [0.15, 0.2) is 79.0 Å². The van der Waals surface area contributed by atoms with Gasteiger partial charge in [0, 0.05) is 61.7 Å². The topological polar surface area (TPSA) is 158 Å². The highest BCUT2D eigenvalue weighted by molar-refractivity contribution is 6.30. The second-order valence-electron chi connectivity index (χ2n) is 17.6. The smallest absolute Gasteiger partial charge is 0.305 e. The Hall–Kier alpha value is -5.44. The lowest BCUT2D eigenvalue weighted by molar-refractivity contribution is -0.149. The number of carboxylic acid groups (broad SMARTS) is 1. The van der Waals surface area contributed by atoms with Gasteiger partial charge in [-0.25, -0.2) is 4.98 Å². The fraction of sp³-hybridized carbons (Fsp3) is 0.469. The van der Waals surface area contributed by atoms with Crippen molar-refractivity contribution in [1.82, 2.24) is 34.5 Å². The number of likely N-dealkylation sites (N-methyl/N-ethyl adjacent to an activating group) is 2. The molecule has 0 radical (unpaired) electrons. The van der Waals surface area contributed by atoms with Crippen molar-refractivity contribution in [3.8, 4) is 22.8 Å². The molecule has 0 saturated carbocycles. The van der Waals surface area contributed by atoms with Gasteiger partial charge in [-0.15, -0.1) is 11.6 Å². The number of carbonyl (C=O) groups is 5. The summed E-state index contributed by atoms with van der Waals surface area (Å²) in [6.07, 6.45) is 3.96. The van der Waals surface area contributed by atoms with Crippen LogP contribution in [-0.4, -0.2) is 121 Å². The molecular formula is C49H61Cl2N7O7. The first kappa shape index (κ1) is 49.0. The standard InChI is InChI=1S/C49H61Cl2N7O7/c1-31(32(2)50)22-39-29-54(4)48(63)37(23-34-12-8-7-9-13-34)24-45(59)58(33(3)47(62)53-41(26-46(60)61)49(64)55(39)5)28-36-14-17-38(51)25-43(36)65-40-18-15-35(16-19-40)42-27-52-44(56(42)6)30-57-20-10-11-21-57/h7-9,12-19,25,27,31-33,37,39,41H,10-11,20-24,26,28-30H2,1-6H3,(H,53,62)(H,60,61)/t31?,32-,33+,37-,39-,41+/m1/s1. The fourth-order valence-corrected chi connectivity index (χ4v) is 8.87. The number of imidazole rings is 1. The van der Waals surface area contributed by atoms with Gasteiger partial charge in [-0.2, -0.15) is 0 Å². The molecule has 348 valence electrons. The van der Waals surface area contributed by atoms with E-state index in [-0.39, 0.29) is 43.1 Å². The van der Waals surface area contributed by atoms with Crippen molar-refractivity contribution in [3.63, 3.8) is 0 Å². The molecule has 16 heteroatoms. The average molecular weight is 931 g/mol. The number of likely N-dealkylation sites (tertiary alicyclic amines) is 1. The van der Waals surface area contributed by atoms with Crippen molar-refractivity contribution in [1.29, 1.82) is 0 Å². The molecule has 2 saturated heterocycles. The molecule has 4 aromatic rings. The van der Waals surface area contributed by atoms with Crippen LogP contribution in [0.2, 0.25) is 5.02 Å². The minimum atomic E-state index is -1.47. The van der Waals surface area contributed by atoms with Gasteiger partial charge in [-0.05, 0) is 100 Å². The number of alkyl halides is 1. The third-order valence-electron chi connectivity index (χ3n) is 12.8. The van der Waals surface area contributed by atoms with Gasteiger partial charge in [0.1, 0.15) is 29.4 Å². The molecule has 1 unspecified atom stereocenters. The van der Waals surface area contributed by atoms with E-state index in [9.17, 15) is 29.1 Å². The van der Waals surface area contributed by atoms with E-state index in [0.29, 0.717) is 28.5 Å². The molecule has 0 aliphatic carbocycles. The van der Waals surface area contributed by atoms with E-state index in [1.54, 1.807) is 32.3 Å². The van der Waals surface area contributed by atoms with Gasteiger partial charge >= 0.3 is 5.97 Å². The van der Waals surface area contributed by atoms with Crippen molar-refractivity contribution in [2.24, 2.45) is 18.9 Å². The third-order valence-corrected chi connectivity index (χ3v) is 13.5. The maximum absolute atomic E-state index is 14.8. The predicted molar refractivity (Wildman–Crippen MR) is 250 cm³/mol. The molecule has 0 spiro atoms. The number of aromatic nitrogens is 2. The number of halogens is 2. The number of carboxylic acids is 1. The summed E-state index contributed by atoms with van der Waals surface area (Å²) in [6, 6.07) is 18.7. The highest BCUT2D eigenvalue weighted by Crippen LogP contribution is 2.33. The molecule has 0 bridgehead atoms. The van der Waals surface area contributed by atoms with E-state index in [1.807, 2.05) is 81.7 Å². The summed E-state index contributed by atoms with van der Waals surface area (Å²) in [7, 11) is 5.20. The van der Waals surface area contributed by atoms with E-state index in [1.165, 1.54) is 34.5 Å². The Balaban J connectivity index is 1.32. The maximum atomic E-state index is 14.8. The van der Waals surface area contributed by atoms with Gasteiger partial charge in [0.2, 0.25) is 23.6 Å². The summed E-state index contributed by atoms with van der Waals surface area (Å²) in [5.74, 6) is -2.60. The molecule has 6 atom stereocenters. The Kier molecular flexibility index (Phi) is 16.7. The lowest BCUT2D eigenvalue weighted by Gasteiger charge is -2.38. The molecule has 1 aromatic heterocycles. The number of carbonyl (C=O) groups excluding carboxylic acids is 4. The first-order valence-corrected chi connectivity index (χ1v) is 23.1. The van der Waals surface area contributed by atoms with Crippen LogP contribution in [0.3, 0.4) is 0 Å². The number of nitrogens with one attached hydrogen (secondary N) is 1. The number of rotatable bonds is 14. The number of hydrogen-bond acceptors (Lipinski definition) is 8. The van der Waals surface area contributed by atoms with Crippen LogP contribution in [0.4, 0.5) is 0 Å². The van der Waals surface area contributed by atoms with Gasteiger partial charge in [0.05, 0.1) is 37.3 Å². The molecule has 3 aromatic carbocycles. The van der Waals surface area contributed by atoms with Crippen molar-refractivity contribution < 1.29 is 33.8 Å². The van der Waals surface area contributed by atoms with Gasteiger partial charge in [-0.3, -0.25) is 28.9 Å². The SMILES string of the molecule is CC(C[C@@H]1CN(C)C(=O)[C@H](Cc2ccccc2)CC(=O)N(Cc2ccc(Cl)cc2Oc2ccc(-c3cnc(CN4CCCC4)n3C)cc2)[C@@H](C)C(=O)N[C@@H](CC(=O)O)C(=O)N1C)[C@@H](C)Cl. The van der Waals surface area contributed by atoms with E-state index >= 15 is 0 Å². The van der Waals surface area contributed by atoms with Crippen molar-refractivity contribution in [2.45, 2.75) is 95.9 Å². The minimum Gasteiger partial charge on any atom is -0.481 e. The Morgan fingerprint density at radius 2 is 1.63 bits per heavy atom. The van der Waals surface area contributed by atoms with Crippen molar-refractivity contribution in [2.75, 3.05) is 33.7 Å². The van der Waals surface area contributed by atoms with Crippen LogP contribution in [0, 0.1) is 11.8 Å². The number of amides is 4. The van der Waals surface area contributed by atoms with Crippen LogP contribution in [0.1, 0.15) is 69.8 Å². The maximum Gasteiger partial charge on any atom is 0.305 e. The van der Waals surface area contributed by atoms with Crippen LogP contribution in [0.5, 0.6) is 11.5 Å². The van der Waals surface area contributed by atoms with E-state index in [4.69, 9.17) is 32.9 Å². The molecule has 65 heavy (non-hydrogen) atoms. The predicted octanol–water partition coefficient (Wildman–Crippen LogP) is 7.01. The molecule has 3 heterocycles. The zero-order valence-electron chi connectivity index (χ0n) is 38.1. The molecule has 2 N–H and O–H groups in total. The number of hydrogen-bond donors (Lipinski definition) is 2. The molecule has 4 amide bonds. The van der Waals surface area contributed by atoms with Crippen LogP contribution in [-0.2, 0) is 50.5 Å². The first-order valence-electron chi connectivity index (χ1n) is 22.3. The molecule has 2 fully saturated rings. The zero-order chi connectivity index (χ0) is 46.9. The van der Waals surface area contributed by atoms with Crippen LogP contribution in [0.25, 0.3) is 11.3 Å². The highest BCUT2D eigenvalue weighted by Gasteiger charge is 2.38. The molecule has 14 nitrogen and oxygen atoms in total. The summed E-state index contributed by atoms with van der Waals surface area (Å²) < 4.78 is 8.55. The van der Waals surface area contributed by atoms with Gasteiger partial charge in [0.15, 0.2) is 0 Å². The van der Waals surface area contributed by atoms with E-state index < -0.39 is 54.2 Å². The number of benzene rings is 3. The van der Waals surface area contributed by atoms with E-state index in [2.05, 4.69) is 14.8 Å². The lowest BCUT2D eigenvalue weighted by Crippen LogP contribution is -2.58. The largest absolute Gasteiger partial charge is 0.481 e. The summed E-state index contributed by atoms with van der Waals surface area (Å²) in [5, 5.41) is 12.7. The Morgan fingerprint density at radius 1 is 0.938 bits per heavy atom. The van der Waals surface area contributed by atoms with Crippen LogP contribution >= 0.6 is 23.2 Å². The number of aliphatic carboxylic acids is 1. The minimum absolute atomic E-state index is 0.0800. The Labute approximate surface area is 391 Å². The van der Waals surface area contributed by atoms with Gasteiger partial charge < -0.3 is 34.4 Å². The second-order valence-corrected chi connectivity index (χ2v) is 18.8. The normalized spacial score (nSPS) is 21.6. The van der Waals surface area contributed by atoms with Crippen LogP contribution < -0.4 is 10.1 Å². The first-order chi connectivity index (χ1) is 31.0. The monoisotopic (exact) mass is 929 g/mol. The third kappa shape index (κ3) is 12.7.